The molecule has 0 amide bonds. The van der Waals surface area contributed by atoms with Gasteiger partial charge in [0.15, 0.2) is 6.20 Å². The van der Waals surface area contributed by atoms with E-state index in [1.165, 1.54) is 49.9 Å². The Morgan fingerprint density at radius 3 is 2.70 bits per heavy atom. The van der Waals surface area contributed by atoms with Gasteiger partial charge >= 0.3 is 0 Å². The summed E-state index contributed by atoms with van der Waals surface area (Å²) in [6, 6.07) is 17.6. The fraction of sp³-hybridized carbons (Fsp3) is 0.192. The van der Waals surface area contributed by atoms with Gasteiger partial charge in [0.25, 0.3) is 0 Å². The molecule has 1 aliphatic carbocycles. The molecule has 1 nitrogen and oxygen atoms in total. The Bertz CT molecular complexity index is 1110. The lowest BCUT2D eigenvalue weighted by atomic mass is 9.89. The van der Waals surface area contributed by atoms with Gasteiger partial charge in [0.1, 0.15) is 7.05 Å². The van der Waals surface area contributed by atoms with Gasteiger partial charge in [-0.3, -0.25) is 0 Å². The van der Waals surface area contributed by atoms with Crippen LogP contribution in [0.3, 0.4) is 0 Å². The fourth-order valence-corrected chi connectivity index (χ4v) is 3.95. The number of fused-ring (bicyclic) bond motifs is 1. The number of aryl methyl sites for hydroxylation is 2. The Balaban J connectivity index is 1.90. The van der Waals surface area contributed by atoms with Crippen molar-refractivity contribution in [1.82, 2.24) is 0 Å². The molecule has 0 fully saturated rings. The number of rotatable bonds is 3. The molecule has 3 aromatic rings. The maximum Gasteiger partial charge on any atom is 0.220 e. The van der Waals surface area contributed by atoms with E-state index < -0.39 is 0 Å². The van der Waals surface area contributed by atoms with Crippen molar-refractivity contribution in [2.75, 3.05) is 0 Å². The SMILES string of the molecule is C=C(C)C1=CC(c2ccc(C)c(-c3c4ccccc4cc[n+]3C)c2)=CCC1. The van der Waals surface area contributed by atoms with Crippen molar-refractivity contribution in [3.63, 3.8) is 0 Å². The van der Waals surface area contributed by atoms with Crippen molar-refractivity contribution < 1.29 is 4.57 Å². The van der Waals surface area contributed by atoms with Crippen LogP contribution in [0.4, 0.5) is 0 Å². The van der Waals surface area contributed by atoms with Crippen LogP contribution in [-0.2, 0) is 7.05 Å². The van der Waals surface area contributed by atoms with Crippen LogP contribution in [0, 0.1) is 6.92 Å². The summed E-state index contributed by atoms with van der Waals surface area (Å²) in [7, 11) is 2.13. The van der Waals surface area contributed by atoms with Gasteiger partial charge in [0, 0.05) is 6.07 Å². The first-order chi connectivity index (χ1) is 13.0. The lowest BCUT2D eigenvalue weighted by Crippen LogP contribution is -2.30. The second-order valence-electron chi connectivity index (χ2n) is 7.54. The van der Waals surface area contributed by atoms with E-state index in [9.17, 15) is 0 Å². The van der Waals surface area contributed by atoms with Crippen molar-refractivity contribution in [3.8, 4) is 11.3 Å². The highest BCUT2D eigenvalue weighted by atomic mass is 14.9. The first kappa shape index (κ1) is 17.5. The summed E-state index contributed by atoms with van der Waals surface area (Å²) in [6.45, 7) is 8.44. The van der Waals surface area contributed by atoms with Crippen molar-refractivity contribution in [3.05, 3.63) is 95.7 Å². The molecule has 0 aliphatic heterocycles. The van der Waals surface area contributed by atoms with Crippen molar-refractivity contribution in [2.24, 2.45) is 7.05 Å². The summed E-state index contributed by atoms with van der Waals surface area (Å²) in [6.07, 6.45) is 8.99. The van der Waals surface area contributed by atoms with Crippen LogP contribution in [0.5, 0.6) is 0 Å². The molecule has 4 rings (SSSR count). The molecular weight excluding hydrogens is 326 g/mol. The summed E-state index contributed by atoms with van der Waals surface area (Å²) >= 11 is 0. The fourth-order valence-electron chi connectivity index (χ4n) is 3.95. The van der Waals surface area contributed by atoms with E-state index in [1.54, 1.807) is 0 Å². The highest BCUT2D eigenvalue weighted by Gasteiger charge is 2.18. The monoisotopic (exact) mass is 352 g/mol. The molecule has 0 spiro atoms. The van der Waals surface area contributed by atoms with E-state index in [-0.39, 0.29) is 0 Å². The number of hydrogen-bond donors (Lipinski definition) is 0. The largest absolute Gasteiger partial charge is 0.220 e. The summed E-state index contributed by atoms with van der Waals surface area (Å²) in [5.41, 5.74) is 8.99. The minimum Gasteiger partial charge on any atom is -0.200 e. The van der Waals surface area contributed by atoms with Crippen molar-refractivity contribution >= 4 is 16.3 Å². The Labute approximate surface area is 162 Å². The van der Waals surface area contributed by atoms with E-state index in [0.717, 1.165) is 12.8 Å². The Morgan fingerprint density at radius 1 is 1.07 bits per heavy atom. The zero-order valence-corrected chi connectivity index (χ0v) is 16.4. The molecular formula is C26H26N+. The number of allylic oxidation sites excluding steroid dienone is 5. The number of hydrogen-bond acceptors (Lipinski definition) is 0. The highest BCUT2D eigenvalue weighted by Crippen LogP contribution is 2.33. The maximum absolute atomic E-state index is 4.13. The zero-order chi connectivity index (χ0) is 19.0. The summed E-state index contributed by atoms with van der Waals surface area (Å²) in [5.74, 6) is 0. The van der Waals surface area contributed by atoms with Crippen LogP contribution in [-0.4, -0.2) is 0 Å². The Hall–Kier alpha value is -2.93. The van der Waals surface area contributed by atoms with Crippen LogP contribution in [0.1, 0.15) is 30.9 Å². The van der Waals surface area contributed by atoms with E-state index in [0.29, 0.717) is 0 Å². The molecule has 0 N–H and O–H groups in total. The zero-order valence-electron chi connectivity index (χ0n) is 16.4. The Kier molecular flexibility index (Phi) is 4.53. The topological polar surface area (TPSA) is 3.88 Å². The molecule has 134 valence electrons. The molecule has 0 bridgehead atoms. The van der Waals surface area contributed by atoms with Gasteiger partial charge in [-0.05, 0) is 66.5 Å². The summed E-state index contributed by atoms with van der Waals surface area (Å²) in [5, 5.41) is 2.57. The van der Waals surface area contributed by atoms with Crippen LogP contribution in [0.25, 0.3) is 27.6 Å². The second kappa shape index (κ2) is 7.00. The molecule has 1 aliphatic rings. The van der Waals surface area contributed by atoms with Crippen LogP contribution >= 0.6 is 0 Å². The van der Waals surface area contributed by atoms with E-state index in [4.69, 9.17) is 0 Å². The maximum atomic E-state index is 4.13. The minimum absolute atomic E-state index is 1.08. The van der Waals surface area contributed by atoms with E-state index >= 15 is 0 Å². The number of aromatic nitrogens is 1. The molecule has 0 saturated carbocycles. The lowest BCUT2D eigenvalue weighted by Gasteiger charge is -2.16. The molecule has 1 heterocycles. The first-order valence-corrected chi connectivity index (χ1v) is 9.60. The van der Waals surface area contributed by atoms with E-state index in [2.05, 4.69) is 98.9 Å². The second-order valence-corrected chi connectivity index (χ2v) is 7.54. The van der Waals surface area contributed by atoms with Gasteiger partial charge < -0.3 is 0 Å². The van der Waals surface area contributed by atoms with Gasteiger partial charge in [-0.1, -0.05) is 54.6 Å². The molecule has 0 saturated heterocycles. The van der Waals surface area contributed by atoms with Crippen molar-refractivity contribution in [2.45, 2.75) is 26.7 Å². The predicted octanol–water partition coefficient (Wildman–Crippen LogP) is 6.32. The van der Waals surface area contributed by atoms with Gasteiger partial charge in [-0.25, -0.2) is 4.57 Å². The molecule has 0 radical (unpaired) electrons. The average molecular weight is 353 g/mol. The van der Waals surface area contributed by atoms with Crippen LogP contribution in [0.15, 0.2) is 84.6 Å². The Morgan fingerprint density at radius 2 is 1.89 bits per heavy atom. The van der Waals surface area contributed by atoms with Gasteiger partial charge in [0.05, 0.1) is 10.9 Å². The standard InChI is InChI=1S/C26H26N/c1-18(2)21-9-7-10-22(16-21)23-13-12-19(3)25(17-23)26-24-11-6-5-8-20(24)14-15-27(26)4/h5-6,8,10-17H,1,7,9H2,2-4H3/q+1. The van der Waals surface area contributed by atoms with Gasteiger partial charge in [-0.15, -0.1) is 0 Å². The molecule has 1 heteroatoms. The van der Waals surface area contributed by atoms with Crippen LogP contribution in [0.2, 0.25) is 0 Å². The molecule has 0 unspecified atom stereocenters. The molecule has 0 atom stereocenters. The molecule has 2 aromatic carbocycles. The number of benzene rings is 2. The smallest absolute Gasteiger partial charge is 0.200 e. The summed E-state index contributed by atoms with van der Waals surface area (Å²) in [4.78, 5) is 0. The van der Waals surface area contributed by atoms with Crippen molar-refractivity contribution in [1.29, 1.82) is 0 Å². The number of pyridine rings is 1. The van der Waals surface area contributed by atoms with Gasteiger partial charge in [-0.2, -0.15) is 0 Å². The highest BCUT2D eigenvalue weighted by molar-refractivity contribution is 5.94. The van der Waals surface area contributed by atoms with E-state index in [1.807, 2.05) is 0 Å². The third-order valence-corrected chi connectivity index (χ3v) is 5.53. The third-order valence-electron chi connectivity index (χ3n) is 5.53. The third kappa shape index (κ3) is 3.26. The predicted molar refractivity (Wildman–Crippen MR) is 115 cm³/mol. The normalized spacial score (nSPS) is 14.0. The first-order valence-electron chi connectivity index (χ1n) is 9.60. The number of nitrogens with zero attached hydrogens (tertiary/aromatic N) is 1. The average Bonchev–Trinajstić information content (AvgIpc) is 2.69. The van der Waals surface area contributed by atoms with Crippen LogP contribution < -0.4 is 4.57 Å². The lowest BCUT2D eigenvalue weighted by molar-refractivity contribution is -0.659. The summed E-state index contributed by atoms with van der Waals surface area (Å²) < 4.78 is 2.23. The quantitative estimate of drug-likeness (QED) is 0.486. The van der Waals surface area contributed by atoms with Gasteiger partial charge in [0.2, 0.25) is 5.69 Å². The molecule has 27 heavy (non-hydrogen) atoms. The minimum atomic E-state index is 1.08. The molecule has 1 aromatic heterocycles.